The van der Waals surface area contributed by atoms with Crippen molar-refractivity contribution in [2.45, 2.75) is 74.7 Å². The third kappa shape index (κ3) is 4.34. The van der Waals surface area contributed by atoms with E-state index in [1.54, 1.807) is 6.20 Å². The van der Waals surface area contributed by atoms with E-state index in [4.69, 9.17) is 0 Å². The molecule has 33 heavy (non-hydrogen) atoms. The molecular formula is C25H26F3N3O2. The summed E-state index contributed by atoms with van der Waals surface area (Å²) in [6, 6.07) is 13.1. The quantitative estimate of drug-likeness (QED) is 0.696. The first-order chi connectivity index (χ1) is 15.6. The Morgan fingerprint density at radius 3 is 2.18 bits per heavy atom. The largest absolute Gasteiger partial charge is 0.421 e. The number of nitrogens with zero attached hydrogens (tertiary/aromatic N) is 3. The highest BCUT2D eigenvalue weighted by molar-refractivity contribution is 5.95. The summed E-state index contributed by atoms with van der Waals surface area (Å²) in [5, 5.41) is 19.8. The molecule has 2 saturated carbocycles. The van der Waals surface area contributed by atoms with Crippen LogP contribution in [0.4, 0.5) is 13.2 Å². The Bertz CT molecular complexity index is 1030. The Labute approximate surface area is 190 Å². The van der Waals surface area contributed by atoms with Crippen LogP contribution in [0.1, 0.15) is 67.1 Å². The van der Waals surface area contributed by atoms with Crippen molar-refractivity contribution in [3.8, 4) is 6.07 Å². The molecule has 0 spiro atoms. The molecule has 2 aromatic rings. The SMILES string of the molecule is C[C@](O)(c1ccc(C(=O)N(C2CC2)[C@H]2CC[C@@](C#N)(c3ccccn3)CC2)cc1)C(F)(F)F. The minimum Gasteiger partial charge on any atom is -0.376 e. The minimum absolute atomic E-state index is 0.0341. The molecule has 2 aliphatic rings. The van der Waals surface area contributed by atoms with Gasteiger partial charge in [0.25, 0.3) is 5.91 Å². The van der Waals surface area contributed by atoms with Gasteiger partial charge in [-0.2, -0.15) is 18.4 Å². The molecule has 5 nitrogen and oxygen atoms in total. The Morgan fingerprint density at radius 1 is 1.09 bits per heavy atom. The van der Waals surface area contributed by atoms with Crippen LogP contribution in [0.5, 0.6) is 0 Å². The molecule has 1 amide bonds. The number of alkyl halides is 3. The number of carbonyl (C=O) groups excluding carboxylic acids is 1. The Morgan fingerprint density at radius 2 is 1.70 bits per heavy atom. The van der Waals surface area contributed by atoms with E-state index in [0.717, 1.165) is 30.7 Å². The lowest BCUT2D eigenvalue weighted by Gasteiger charge is -2.40. The van der Waals surface area contributed by atoms with Crippen LogP contribution in [-0.2, 0) is 11.0 Å². The van der Waals surface area contributed by atoms with Crippen molar-refractivity contribution < 1.29 is 23.1 Å². The molecule has 0 saturated heterocycles. The van der Waals surface area contributed by atoms with Crippen molar-refractivity contribution in [2.24, 2.45) is 0 Å². The van der Waals surface area contributed by atoms with E-state index in [9.17, 15) is 28.3 Å². The monoisotopic (exact) mass is 457 g/mol. The van der Waals surface area contributed by atoms with Crippen LogP contribution in [0, 0.1) is 11.3 Å². The van der Waals surface area contributed by atoms with E-state index in [2.05, 4.69) is 11.1 Å². The van der Waals surface area contributed by atoms with Gasteiger partial charge in [-0.1, -0.05) is 18.2 Å². The predicted molar refractivity (Wildman–Crippen MR) is 115 cm³/mol. The fraction of sp³-hybridized carbons (Fsp3) is 0.480. The first-order valence-electron chi connectivity index (χ1n) is 11.1. The predicted octanol–water partition coefficient (Wildman–Crippen LogP) is 4.86. The number of halogens is 3. The van der Waals surface area contributed by atoms with Crippen LogP contribution in [0.2, 0.25) is 0 Å². The lowest BCUT2D eigenvalue weighted by Crippen LogP contribution is -2.46. The van der Waals surface area contributed by atoms with Gasteiger partial charge in [0.2, 0.25) is 0 Å². The van der Waals surface area contributed by atoms with E-state index in [1.165, 1.54) is 12.1 Å². The maximum Gasteiger partial charge on any atom is 0.421 e. The fourth-order valence-corrected chi connectivity index (χ4v) is 4.68. The number of pyridine rings is 1. The average molecular weight is 457 g/mol. The van der Waals surface area contributed by atoms with Crippen molar-refractivity contribution in [1.29, 1.82) is 5.26 Å². The Hall–Kier alpha value is -2.92. The van der Waals surface area contributed by atoms with Crippen molar-refractivity contribution in [3.63, 3.8) is 0 Å². The number of hydrogen-bond acceptors (Lipinski definition) is 4. The number of carbonyl (C=O) groups is 1. The molecule has 2 aliphatic carbocycles. The highest BCUT2D eigenvalue weighted by Gasteiger charge is 2.51. The van der Waals surface area contributed by atoms with Crippen LogP contribution in [0.25, 0.3) is 0 Å². The summed E-state index contributed by atoms with van der Waals surface area (Å²) >= 11 is 0. The molecule has 0 unspecified atom stereocenters. The number of hydrogen-bond donors (Lipinski definition) is 1. The number of rotatable bonds is 5. The van der Waals surface area contributed by atoms with Crippen molar-refractivity contribution in [1.82, 2.24) is 9.88 Å². The average Bonchev–Trinajstić information content (AvgIpc) is 3.65. The number of amides is 1. The molecule has 0 bridgehead atoms. The van der Waals surface area contributed by atoms with Crippen LogP contribution in [-0.4, -0.2) is 39.2 Å². The molecule has 2 fully saturated rings. The van der Waals surface area contributed by atoms with Crippen LogP contribution >= 0.6 is 0 Å². The molecule has 4 rings (SSSR count). The van der Waals surface area contributed by atoms with Crippen molar-refractivity contribution in [2.75, 3.05) is 0 Å². The summed E-state index contributed by atoms with van der Waals surface area (Å²) in [6.07, 6.45) is 1.16. The first-order valence-corrected chi connectivity index (χ1v) is 11.1. The lowest BCUT2D eigenvalue weighted by atomic mass is 9.71. The summed E-state index contributed by atoms with van der Waals surface area (Å²) < 4.78 is 39.4. The summed E-state index contributed by atoms with van der Waals surface area (Å²) in [5.74, 6) is -0.219. The van der Waals surface area contributed by atoms with E-state index in [0.29, 0.717) is 38.2 Å². The third-order valence-corrected chi connectivity index (χ3v) is 6.99. The highest BCUT2D eigenvalue weighted by atomic mass is 19.4. The van der Waals surface area contributed by atoms with Gasteiger partial charge in [0, 0.05) is 23.8 Å². The van der Waals surface area contributed by atoms with Gasteiger partial charge in [-0.05, 0) is 75.3 Å². The van der Waals surface area contributed by atoms with Gasteiger partial charge in [0.15, 0.2) is 5.60 Å². The topological polar surface area (TPSA) is 77.2 Å². The number of aromatic nitrogens is 1. The fourth-order valence-electron chi connectivity index (χ4n) is 4.68. The zero-order valence-corrected chi connectivity index (χ0v) is 18.3. The Balaban J connectivity index is 1.51. The van der Waals surface area contributed by atoms with Gasteiger partial charge in [0.1, 0.15) is 0 Å². The maximum absolute atomic E-state index is 13.3. The summed E-state index contributed by atoms with van der Waals surface area (Å²) in [5.41, 5.74) is -2.91. The molecular weight excluding hydrogens is 431 g/mol. The molecule has 1 N–H and O–H groups in total. The van der Waals surface area contributed by atoms with Gasteiger partial charge in [-0.25, -0.2) is 0 Å². The van der Waals surface area contributed by atoms with Crippen molar-refractivity contribution >= 4 is 5.91 Å². The normalized spacial score (nSPS) is 25.0. The molecule has 1 aromatic carbocycles. The standard InChI is InChI=1S/C25H26F3N3O2/c1-23(33,25(26,27)28)18-7-5-17(6-8-18)22(32)31(19-9-10-19)20-11-13-24(16-29,14-12-20)21-4-2-3-15-30-21/h2-8,15,19-20,33H,9-14H2,1H3/t20-,23-,24+/m0/s1. The van der Waals surface area contributed by atoms with E-state index in [1.807, 2.05) is 23.1 Å². The summed E-state index contributed by atoms with van der Waals surface area (Å²) in [6.45, 7) is 0.700. The third-order valence-electron chi connectivity index (χ3n) is 6.99. The smallest absolute Gasteiger partial charge is 0.376 e. The number of nitriles is 1. The van der Waals surface area contributed by atoms with Crippen LogP contribution in [0.15, 0.2) is 48.7 Å². The zero-order chi connectivity index (χ0) is 23.9. The number of aliphatic hydroxyl groups is 1. The molecule has 8 heteroatoms. The van der Waals surface area contributed by atoms with Gasteiger partial charge >= 0.3 is 6.18 Å². The van der Waals surface area contributed by atoms with E-state index in [-0.39, 0.29) is 23.6 Å². The zero-order valence-electron chi connectivity index (χ0n) is 18.3. The van der Waals surface area contributed by atoms with Gasteiger partial charge < -0.3 is 10.0 Å². The second-order valence-electron chi connectivity index (χ2n) is 9.23. The van der Waals surface area contributed by atoms with E-state index < -0.39 is 17.2 Å². The molecule has 1 heterocycles. The Kier molecular flexibility index (Phi) is 5.95. The van der Waals surface area contributed by atoms with Crippen LogP contribution in [0.3, 0.4) is 0 Å². The molecule has 0 radical (unpaired) electrons. The van der Waals surface area contributed by atoms with Crippen LogP contribution < -0.4 is 0 Å². The van der Waals surface area contributed by atoms with Gasteiger partial charge in [-0.3, -0.25) is 9.78 Å². The molecule has 1 atom stereocenters. The second-order valence-corrected chi connectivity index (χ2v) is 9.23. The molecule has 0 aliphatic heterocycles. The van der Waals surface area contributed by atoms with E-state index >= 15 is 0 Å². The molecule has 174 valence electrons. The first kappa shape index (κ1) is 23.2. The van der Waals surface area contributed by atoms with Gasteiger partial charge in [-0.15, -0.1) is 0 Å². The minimum atomic E-state index is -4.82. The maximum atomic E-state index is 13.3. The summed E-state index contributed by atoms with van der Waals surface area (Å²) in [7, 11) is 0. The second kappa shape index (κ2) is 8.45. The van der Waals surface area contributed by atoms with Gasteiger partial charge in [0.05, 0.1) is 17.2 Å². The highest BCUT2D eigenvalue weighted by Crippen LogP contribution is 2.43. The van der Waals surface area contributed by atoms with Crippen molar-refractivity contribution in [3.05, 3.63) is 65.5 Å². The molecule has 1 aromatic heterocycles. The number of benzene rings is 1. The lowest BCUT2D eigenvalue weighted by molar-refractivity contribution is -0.258. The summed E-state index contributed by atoms with van der Waals surface area (Å²) in [4.78, 5) is 19.6.